The fraction of sp³-hybridized carbons (Fsp3) is 0.190. The fourth-order valence-corrected chi connectivity index (χ4v) is 3.53. The number of nitriles is 1. The van der Waals surface area contributed by atoms with Gasteiger partial charge in [-0.1, -0.05) is 54.1 Å². The number of rotatable bonds is 1. The van der Waals surface area contributed by atoms with E-state index < -0.39 is 6.23 Å². The van der Waals surface area contributed by atoms with Gasteiger partial charge in [0.15, 0.2) is 6.23 Å². The third-order valence-corrected chi connectivity index (χ3v) is 4.74. The molecule has 0 spiro atoms. The van der Waals surface area contributed by atoms with E-state index in [0.29, 0.717) is 5.57 Å². The summed E-state index contributed by atoms with van der Waals surface area (Å²) in [5.41, 5.74) is 13.3. The first-order chi connectivity index (χ1) is 11.7. The van der Waals surface area contributed by atoms with Crippen molar-refractivity contribution >= 4 is 11.3 Å². The van der Waals surface area contributed by atoms with E-state index in [1.54, 1.807) is 0 Å². The van der Waals surface area contributed by atoms with Crippen molar-refractivity contribution in [3.8, 4) is 6.07 Å². The van der Waals surface area contributed by atoms with E-state index in [0.717, 1.165) is 40.9 Å². The van der Waals surface area contributed by atoms with Gasteiger partial charge in [-0.2, -0.15) is 5.26 Å². The average molecular weight is 314 g/mol. The first-order valence-corrected chi connectivity index (χ1v) is 8.14. The Balaban J connectivity index is 1.96. The number of nitrogens with zero attached hydrogens (tertiary/aromatic N) is 1. The Hall–Kier alpha value is -2.83. The van der Waals surface area contributed by atoms with Crippen LogP contribution in [0.3, 0.4) is 0 Å². The molecule has 0 bridgehead atoms. The highest BCUT2D eigenvalue weighted by molar-refractivity contribution is 5.93. The molecule has 1 atom stereocenters. The van der Waals surface area contributed by atoms with Crippen LogP contribution in [-0.4, -0.2) is 6.23 Å². The highest BCUT2D eigenvalue weighted by atomic mass is 16.5. The molecule has 4 rings (SSSR count). The first kappa shape index (κ1) is 14.7. The van der Waals surface area contributed by atoms with Gasteiger partial charge in [-0.3, -0.25) is 5.73 Å². The zero-order valence-corrected chi connectivity index (χ0v) is 13.5. The summed E-state index contributed by atoms with van der Waals surface area (Å²) in [7, 11) is 0. The molecule has 118 valence electrons. The SMILES string of the molecule is Cc1ccc(C2=C(C#N)C(N)OC3=C2CCc2ccccc23)cc1. The molecular weight excluding hydrogens is 296 g/mol. The predicted octanol–water partition coefficient (Wildman–Crippen LogP) is 3.94. The summed E-state index contributed by atoms with van der Waals surface area (Å²) in [6.45, 7) is 2.06. The number of hydrogen-bond donors (Lipinski definition) is 1. The highest BCUT2D eigenvalue weighted by Gasteiger charge is 2.33. The van der Waals surface area contributed by atoms with Gasteiger partial charge < -0.3 is 4.74 Å². The minimum absolute atomic E-state index is 0.511. The monoisotopic (exact) mass is 314 g/mol. The van der Waals surface area contributed by atoms with Crippen molar-refractivity contribution in [2.45, 2.75) is 26.0 Å². The molecule has 0 aromatic heterocycles. The molecule has 1 aliphatic heterocycles. The molecule has 3 heteroatoms. The van der Waals surface area contributed by atoms with Gasteiger partial charge in [-0.25, -0.2) is 0 Å². The largest absolute Gasteiger partial charge is 0.470 e. The molecule has 3 nitrogen and oxygen atoms in total. The topological polar surface area (TPSA) is 59.0 Å². The molecule has 2 aromatic carbocycles. The molecule has 0 radical (unpaired) electrons. The fourth-order valence-electron chi connectivity index (χ4n) is 3.53. The molecule has 2 aliphatic rings. The van der Waals surface area contributed by atoms with Crippen molar-refractivity contribution in [1.82, 2.24) is 0 Å². The van der Waals surface area contributed by atoms with Gasteiger partial charge in [0.25, 0.3) is 0 Å². The predicted molar refractivity (Wildman–Crippen MR) is 94.5 cm³/mol. The normalized spacial score (nSPS) is 19.3. The van der Waals surface area contributed by atoms with Crippen LogP contribution in [0.5, 0.6) is 0 Å². The lowest BCUT2D eigenvalue weighted by molar-refractivity contribution is 0.205. The Morgan fingerprint density at radius 3 is 2.58 bits per heavy atom. The zero-order valence-electron chi connectivity index (χ0n) is 13.5. The second-order valence-electron chi connectivity index (χ2n) is 6.27. The molecule has 0 saturated heterocycles. The number of allylic oxidation sites excluding steroid dienone is 2. The van der Waals surface area contributed by atoms with Gasteiger partial charge in [-0.05, 0) is 30.9 Å². The Bertz CT molecular complexity index is 914. The summed E-state index contributed by atoms with van der Waals surface area (Å²) in [6, 6.07) is 18.8. The molecule has 0 amide bonds. The van der Waals surface area contributed by atoms with Crippen molar-refractivity contribution in [3.63, 3.8) is 0 Å². The molecule has 0 saturated carbocycles. The number of benzene rings is 2. The molecule has 1 unspecified atom stereocenters. The lowest BCUT2D eigenvalue weighted by atomic mass is 9.81. The number of hydrogen-bond acceptors (Lipinski definition) is 3. The van der Waals surface area contributed by atoms with Crippen molar-refractivity contribution in [2.24, 2.45) is 5.73 Å². The van der Waals surface area contributed by atoms with Crippen LogP contribution in [0.4, 0.5) is 0 Å². The lowest BCUT2D eigenvalue weighted by Gasteiger charge is -2.32. The zero-order chi connectivity index (χ0) is 16.7. The minimum atomic E-state index is -0.726. The Kier molecular flexibility index (Phi) is 3.48. The maximum Gasteiger partial charge on any atom is 0.184 e. The van der Waals surface area contributed by atoms with E-state index in [-0.39, 0.29) is 0 Å². The van der Waals surface area contributed by atoms with Crippen molar-refractivity contribution in [3.05, 3.63) is 81.9 Å². The lowest BCUT2D eigenvalue weighted by Crippen LogP contribution is -2.31. The third kappa shape index (κ3) is 2.24. The van der Waals surface area contributed by atoms with Crippen LogP contribution in [0.1, 0.15) is 28.7 Å². The first-order valence-electron chi connectivity index (χ1n) is 8.14. The molecular formula is C21H18N2O. The highest BCUT2D eigenvalue weighted by Crippen LogP contribution is 2.44. The van der Waals surface area contributed by atoms with Crippen molar-refractivity contribution < 1.29 is 4.74 Å². The summed E-state index contributed by atoms with van der Waals surface area (Å²) in [5, 5.41) is 9.64. The van der Waals surface area contributed by atoms with Crippen LogP contribution >= 0.6 is 0 Å². The second kappa shape index (κ2) is 5.67. The van der Waals surface area contributed by atoms with E-state index in [1.165, 1.54) is 11.1 Å². The van der Waals surface area contributed by atoms with Gasteiger partial charge in [0, 0.05) is 16.7 Å². The summed E-state index contributed by atoms with van der Waals surface area (Å²) in [4.78, 5) is 0. The van der Waals surface area contributed by atoms with Crippen molar-refractivity contribution in [2.75, 3.05) is 0 Å². The van der Waals surface area contributed by atoms with Crippen molar-refractivity contribution in [1.29, 1.82) is 5.26 Å². The summed E-state index contributed by atoms with van der Waals surface area (Å²) < 4.78 is 5.97. The average Bonchev–Trinajstić information content (AvgIpc) is 2.61. The number of nitrogens with two attached hydrogens (primary N) is 1. The molecule has 2 N–H and O–H groups in total. The van der Waals surface area contributed by atoms with Crippen LogP contribution in [0, 0.1) is 18.3 Å². The Morgan fingerprint density at radius 2 is 1.83 bits per heavy atom. The summed E-state index contributed by atoms with van der Waals surface area (Å²) in [6.07, 6.45) is 1.07. The van der Waals surface area contributed by atoms with E-state index in [2.05, 4.69) is 49.4 Å². The molecule has 2 aromatic rings. The van der Waals surface area contributed by atoms with Crippen LogP contribution in [0.25, 0.3) is 11.3 Å². The number of ether oxygens (including phenoxy) is 1. The Morgan fingerprint density at radius 1 is 1.08 bits per heavy atom. The molecule has 24 heavy (non-hydrogen) atoms. The van der Waals surface area contributed by atoms with E-state index in [4.69, 9.17) is 10.5 Å². The summed E-state index contributed by atoms with van der Waals surface area (Å²) >= 11 is 0. The van der Waals surface area contributed by atoms with Crippen LogP contribution in [0.2, 0.25) is 0 Å². The van der Waals surface area contributed by atoms with E-state index >= 15 is 0 Å². The van der Waals surface area contributed by atoms with E-state index in [9.17, 15) is 5.26 Å². The molecule has 1 heterocycles. The molecule has 1 aliphatic carbocycles. The Labute approximate surface area is 141 Å². The van der Waals surface area contributed by atoms with Gasteiger partial charge >= 0.3 is 0 Å². The second-order valence-corrected chi connectivity index (χ2v) is 6.27. The van der Waals surface area contributed by atoms with E-state index in [1.807, 2.05) is 12.1 Å². The number of aryl methyl sites for hydroxylation is 2. The van der Waals surface area contributed by atoms with Crippen LogP contribution in [0.15, 0.2) is 59.7 Å². The molecule has 0 fully saturated rings. The third-order valence-electron chi connectivity index (χ3n) is 4.74. The van der Waals surface area contributed by atoms with Gasteiger partial charge in [0.2, 0.25) is 0 Å². The van der Waals surface area contributed by atoms with Gasteiger partial charge in [0.1, 0.15) is 11.8 Å². The van der Waals surface area contributed by atoms with Gasteiger partial charge in [-0.15, -0.1) is 0 Å². The minimum Gasteiger partial charge on any atom is -0.470 e. The maximum absolute atomic E-state index is 9.64. The van der Waals surface area contributed by atoms with Crippen LogP contribution in [-0.2, 0) is 11.2 Å². The number of fused-ring (bicyclic) bond motifs is 2. The standard InChI is InChI=1S/C21H18N2O/c1-13-6-8-15(9-7-13)19-17-11-10-14-4-2-3-5-16(14)20(17)24-21(23)18(19)12-22/h2-9,21H,10-11,23H2,1H3. The summed E-state index contributed by atoms with van der Waals surface area (Å²) in [5.74, 6) is 0.832. The quantitative estimate of drug-likeness (QED) is 0.867. The van der Waals surface area contributed by atoms with Gasteiger partial charge in [0.05, 0.1) is 5.57 Å². The maximum atomic E-state index is 9.64. The smallest absolute Gasteiger partial charge is 0.184 e. The van der Waals surface area contributed by atoms with Crippen LogP contribution < -0.4 is 5.73 Å².